The fraction of sp³-hybridized carbons (Fsp3) is 0.375. The highest BCUT2D eigenvalue weighted by Gasteiger charge is 2.29. The van der Waals surface area contributed by atoms with Gasteiger partial charge in [0, 0.05) is 50.4 Å². The molecule has 1 saturated heterocycles. The van der Waals surface area contributed by atoms with Crippen molar-refractivity contribution in [2.24, 2.45) is 0 Å². The largest absolute Gasteiger partial charge is 0.497 e. The van der Waals surface area contributed by atoms with Crippen molar-refractivity contribution in [2.45, 2.75) is 9.79 Å². The van der Waals surface area contributed by atoms with Gasteiger partial charge >= 0.3 is 0 Å². The molecule has 1 N–H and O–H groups in total. The van der Waals surface area contributed by atoms with E-state index in [1.54, 1.807) is 38.5 Å². The van der Waals surface area contributed by atoms with Crippen molar-refractivity contribution in [3.63, 3.8) is 0 Å². The Hall–Kier alpha value is -3.08. The smallest absolute Gasteiger partial charge is 0.210 e. The lowest BCUT2D eigenvalue weighted by atomic mass is 10.1. The Morgan fingerprint density at radius 2 is 1.59 bits per heavy atom. The lowest BCUT2D eigenvalue weighted by molar-refractivity contribution is 0.188. The molecule has 0 amide bonds. The van der Waals surface area contributed by atoms with Crippen molar-refractivity contribution >= 4 is 26.4 Å². The van der Waals surface area contributed by atoms with Crippen LogP contribution >= 0.6 is 0 Å². The number of aliphatic hydroxyl groups is 1. The van der Waals surface area contributed by atoms with E-state index in [9.17, 15) is 13.5 Å². The predicted molar refractivity (Wildman–Crippen MR) is 129 cm³/mol. The average molecular weight is 488 g/mol. The molecule has 0 unspecified atom stereocenters. The molecule has 0 spiro atoms. The predicted octanol–water partition coefficient (Wildman–Crippen LogP) is 2.21. The minimum atomic E-state index is -3.88. The van der Waals surface area contributed by atoms with Gasteiger partial charge in [-0.25, -0.2) is 8.42 Å². The van der Waals surface area contributed by atoms with Crippen molar-refractivity contribution in [1.29, 1.82) is 0 Å². The first-order valence-corrected chi connectivity index (χ1v) is 12.4. The van der Waals surface area contributed by atoms with Crippen LogP contribution in [0.3, 0.4) is 0 Å². The van der Waals surface area contributed by atoms with Crippen LogP contribution in [0.25, 0.3) is 10.9 Å². The minimum Gasteiger partial charge on any atom is -0.497 e. The Morgan fingerprint density at radius 1 is 0.941 bits per heavy atom. The molecule has 1 aromatic heterocycles. The van der Waals surface area contributed by atoms with Gasteiger partial charge in [-0.1, -0.05) is 0 Å². The molecule has 0 saturated carbocycles. The Bertz CT molecular complexity index is 1260. The topological polar surface area (TPSA) is 101 Å². The second-order valence-electron chi connectivity index (χ2n) is 7.93. The third-order valence-corrected chi connectivity index (χ3v) is 7.85. The van der Waals surface area contributed by atoms with Crippen LogP contribution in [0.2, 0.25) is 0 Å². The van der Waals surface area contributed by atoms with Gasteiger partial charge in [-0.2, -0.15) is 0 Å². The van der Waals surface area contributed by atoms with Gasteiger partial charge in [0.05, 0.1) is 44.0 Å². The summed E-state index contributed by atoms with van der Waals surface area (Å²) in [6, 6.07) is 9.87. The van der Waals surface area contributed by atoms with Crippen molar-refractivity contribution < 1.29 is 27.7 Å². The number of piperazine rings is 1. The zero-order chi connectivity index (χ0) is 24.3. The maximum Gasteiger partial charge on any atom is 0.210 e. The van der Waals surface area contributed by atoms with Gasteiger partial charge in [0.25, 0.3) is 0 Å². The minimum absolute atomic E-state index is 0.0896. The van der Waals surface area contributed by atoms with Crippen LogP contribution in [-0.4, -0.2) is 84.1 Å². The molecule has 9 nitrogen and oxygen atoms in total. The van der Waals surface area contributed by atoms with E-state index in [4.69, 9.17) is 14.2 Å². The summed E-state index contributed by atoms with van der Waals surface area (Å²) in [5, 5.41) is 9.96. The highest BCUT2D eigenvalue weighted by Crippen LogP contribution is 2.41. The Morgan fingerprint density at radius 3 is 2.18 bits per heavy atom. The molecular weight excluding hydrogens is 458 g/mol. The molecule has 3 aromatic rings. The van der Waals surface area contributed by atoms with Crippen molar-refractivity contribution in [3.05, 3.63) is 42.6 Å². The van der Waals surface area contributed by atoms with Gasteiger partial charge in [-0.05, 0) is 30.3 Å². The molecule has 4 rings (SSSR count). The number of pyridine rings is 1. The normalized spacial score (nSPS) is 14.9. The molecule has 0 radical (unpaired) electrons. The monoisotopic (exact) mass is 487 g/mol. The van der Waals surface area contributed by atoms with Crippen LogP contribution in [0, 0.1) is 0 Å². The van der Waals surface area contributed by atoms with Crippen LogP contribution in [0.5, 0.6) is 17.2 Å². The zero-order valence-corrected chi connectivity index (χ0v) is 20.3. The second kappa shape index (κ2) is 10.0. The average Bonchev–Trinajstić information content (AvgIpc) is 2.87. The number of benzene rings is 2. The van der Waals surface area contributed by atoms with E-state index in [2.05, 4.69) is 14.8 Å². The number of hydrogen-bond acceptors (Lipinski definition) is 9. The van der Waals surface area contributed by atoms with Crippen molar-refractivity contribution in [3.8, 4) is 17.2 Å². The summed E-state index contributed by atoms with van der Waals surface area (Å²) in [5.74, 6) is 1.59. The van der Waals surface area contributed by atoms with Gasteiger partial charge in [0.15, 0.2) is 11.5 Å². The SMILES string of the molecule is COc1ccc(S(=O)(=O)c2cnc3cc(OC)c(OC)cc3c2N2CCN(CCO)CC2)cc1. The molecule has 1 fully saturated rings. The molecule has 182 valence electrons. The first-order chi connectivity index (χ1) is 16.4. The number of rotatable bonds is 8. The fourth-order valence-corrected chi connectivity index (χ4v) is 5.66. The highest BCUT2D eigenvalue weighted by atomic mass is 32.2. The van der Waals surface area contributed by atoms with Gasteiger partial charge in [-0.15, -0.1) is 0 Å². The van der Waals surface area contributed by atoms with E-state index in [1.165, 1.54) is 25.4 Å². The molecular formula is C24H29N3O6S. The van der Waals surface area contributed by atoms with Crippen molar-refractivity contribution in [2.75, 3.05) is 65.6 Å². The third-order valence-electron chi connectivity index (χ3n) is 6.08. The zero-order valence-electron chi connectivity index (χ0n) is 19.5. The number of methoxy groups -OCH3 is 3. The summed E-state index contributed by atoms with van der Waals surface area (Å²) in [5.41, 5.74) is 1.20. The third kappa shape index (κ3) is 4.48. The maximum absolute atomic E-state index is 13.8. The highest BCUT2D eigenvalue weighted by molar-refractivity contribution is 7.91. The second-order valence-corrected chi connectivity index (χ2v) is 9.84. The van der Waals surface area contributed by atoms with Crippen LogP contribution in [0.15, 0.2) is 52.4 Å². The standard InChI is InChI=1S/C24H29N3O6S/c1-31-17-4-6-18(7-5-17)34(29,30)23-16-25-20-15-22(33-3)21(32-2)14-19(20)24(23)27-10-8-26(9-11-27)12-13-28/h4-7,14-16,28H,8-13H2,1-3H3. The molecule has 34 heavy (non-hydrogen) atoms. The fourth-order valence-electron chi connectivity index (χ4n) is 4.23. The van der Waals surface area contributed by atoms with Gasteiger partial charge < -0.3 is 24.2 Å². The lowest BCUT2D eigenvalue weighted by Crippen LogP contribution is -2.47. The van der Waals surface area contributed by atoms with Gasteiger partial charge in [0.1, 0.15) is 10.6 Å². The van der Waals surface area contributed by atoms with E-state index < -0.39 is 9.84 Å². The van der Waals surface area contributed by atoms with Gasteiger partial charge in [0.2, 0.25) is 9.84 Å². The molecule has 1 aliphatic rings. The van der Waals surface area contributed by atoms with E-state index in [1.807, 2.05) is 0 Å². The number of sulfone groups is 1. The summed E-state index contributed by atoms with van der Waals surface area (Å²) in [6.07, 6.45) is 1.42. The van der Waals surface area contributed by atoms with Crippen LogP contribution in [0.4, 0.5) is 5.69 Å². The van der Waals surface area contributed by atoms with Crippen molar-refractivity contribution in [1.82, 2.24) is 9.88 Å². The number of anilines is 1. The van der Waals surface area contributed by atoms with Gasteiger partial charge in [-0.3, -0.25) is 9.88 Å². The quantitative estimate of drug-likeness (QED) is 0.512. The Labute approximate surface area is 199 Å². The molecule has 2 heterocycles. The number of fused-ring (bicyclic) bond motifs is 1. The molecule has 0 bridgehead atoms. The number of ether oxygens (including phenoxy) is 3. The van der Waals surface area contributed by atoms with E-state index in [0.717, 1.165) is 0 Å². The number of nitrogens with zero attached hydrogens (tertiary/aromatic N) is 3. The summed E-state index contributed by atoms with van der Waals surface area (Å²) >= 11 is 0. The van der Waals surface area contributed by atoms with E-state index in [-0.39, 0.29) is 16.4 Å². The Balaban J connectivity index is 1.89. The maximum atomic E-state index is 13.8. The number of aromatic nitrogens is 1. The summed E-state index contributed by atoms with van der Waals surface area (Å²) in [6.45, 7) is 3.32. The molecule has 10 heteroatoms. The van der Waals surface area contributed by atoms with Crippen LogP contribution < -0.4 is 19.1 Å². The first-order valence-electron chi connectivity index (χ1n) is 10.9. The van der Waals surface area contributed by atoms with E-state index >= 15 is 0 Å². The number of hydrogen-bond donors (Lipinski definition) is 1. The summed E-state index contributed by atoms with van der Waals surface area (Å²) < 4.78 is 43.7. The molecule has 0 atom stereocenters. The van der Waals surface area contributed by atoms with E-state index in [0.29, 0.717) is 66.6 Å². The molecule has 0 aliphatic carbocycles. The molecule has 1 aliphatic heterocycles. The summed E-state index contributed by atoms with van der Waals surface area (Å²) in [4.78, 5) is 9.00. The van der Waals surface area contributed by atoms with Crippen LogP contribution in [0.1, 0.15) is 0 Å². The van der Waals surface area contributed by atoms with Crippen LogP contribution in [-0.2, 0) is 9.84 Å². The number of β-amino-alcohol motifs (C(OH)–C–C–N with tert-alkyl or cyclic N) is 1. The molecule has 2 aromatic carbocycles. The number of aliphatic hydroxyl groups excluding tert-OH is 1. The lowest BCUT2D eigenvalue weighted by Gasteiger charge is -2.37. The Kier molecular flexibility index (Phi) is 7.11. The first kappa shape index (κ1) is 24.1. The summed E-state index contributed by atoms with van der Waals surface area (Å²) in [7, 11) is 0.748.